The summed E-state index contributed by atoms with van der Waals surface area (Å²) in [5, 5.41) is 30.3. The summed E-state index contributed by atoms with van der Waals surface area (Å²) >= 11 is 0. The monoisotopic (exact) mass is 504 g/mol. The van der Waals surface area contributed by atoms with E-state index in [2.05, 4.69) is 26.3 Å². The topological polar surface area (TPSA) is 155 Å². The highest BCUT2D eigenvalue weighted by Crippen LogP contribution is 2.32. The van der Waals surface area contributed by atoms with Crippen molar-refractivity contribution < 1.29 is 9.90 Å². The van der Waals surface area contributed by atoms with Crippen molar-refractivity contribution in [3.05, 3.63) is 35.5 Å². The number of aliphatic hydroxyl groups is 1. The lowest BCUT2D eigenvalue weighted by molar-refractivity contribution is 0.00651. The van der Waals surface area contributed by atoms with Crippen LogP contribution in [0.25, 0.3) is 0 Å². The van der Waals surface area contributed by atoms with Gasteiger partial charge in [-0.25, -0.2) is 4.98 Å². The Kier molecular flexibility index (Phi) is 7.93. The van der Waals surface area contributed by atoms with Gasteiger partial charge in [-0.1, -0.05) is 0 Å². The number of nitrogens with two attached hydrogens (primary N) is 1. The van der Waals surface area contributed by atoms with Gasteiger partial charge < -0.3 is 31.4 Å². The van der Waals surface area contributed by atoms with Crippen molar-refractivity contribution in [2.75, 3.05) is 41.3 Å². The van der Waals surface area contributed by atoms with Gasteiger partial charge in [0, 0.05) is 50.2 Å². The first-order chi connectivity index (χ1) is 17.7. The number of benzene rings is 1. The average Bonchev–Trinajstić information content (AvgIpc) is 2.88. The van der Waals surface area contributed by atoms with Gasteiger partial charge in [-0.15, -0.1) is 0 Å². The van der Waals surface area contributed by atoms with Crippen molar-refractivity contribution in [3.8, 4) is 6.07 Å². The van der Waals surface area contributed by atoms with Gasteiger partial charge in [0.2, 0.25) is 5.95 Å². The molecule has 0 unspecified atom stereocenters. The minimum absolute atomic E-state index is 0.0795. The van der Waals surface area contributed by atoms with Gasteiger partial charge in [0.25, 0.3) is 5.91 Å². The maximum absolute atomic E-state index is 12.3. The molecule has 0 saturated carbocycles. The van der Waals surface area contributed by atoms with Crippen LogP contribution in [0.3, 0.4) is 0 Å². The molecule has 10 heteroatoms. The number of amides is 1. The standard InChI is InChI=1S/C27H36N8O2/c1-27(2,37)19-10-15-34(16-11-19)21-5-3-20(4-6-21)31-25-23(24(30)36)22(17-29)32-26(33-25)35-13-8-18(7-12-28)9-14-35/h3-6,17-19,29,37H,7-11,13-16H2,1-2H3,(H2,30,36)(H,31,32,33). The normalized spacial score (nSPS) is 17.4. The molecular weight excluding hydrogens is 468 g/mol. The van der Waals surface area contributed by atoms with Crippen molar-refractivity contribution in [3.63, 3.8) is 0 Å². The third-order valence-corrected chi connectivity index (χ3v) is 7.57. The van der Waals surface area contributed by atoms with Gasteiger partial charge in [-0.2, -0.15) is 10.2 Å². The zero-order valence-electron chi connectivity index (χ0n) is 21.6. The van der Waals surface area contributed by atoms with Crippen LogP contribution in [0.1, 0.15) is 62.0 Å². The van der Waals surface area contributed by atoms with Gasteiger partial charge in [-0.05, 0) is 75.6 Å². The summed E-state index contributed by atoms with van der Waals surface area (Å²) in [5.74, 6) is 0.669. The van der Waals surface area contributed by atoms with Crippen LogP contribution >= 0.6 is 0 Å². The number of carbonyl (C=O) groups is 1. The summed E-state index contributed by atoms with van der Waals surface area (Å²) < 4.78 is 0. The summed E-state index contributed by atoms with van der Waals surface area (Å²) in [6.45, 7) is 6.95. The fraction of sp³-hybridized carbons (Fsp3) is 0.519. The Morgan fingerprint density at radius 2 is 1.78 bits per heavy atom. The molecule has 2 aliphatic rings. The Morgan fingerprint density at radius 1 is 1.16 bits per heavy atom. The molecule has 0 spiro atoms. The SMILES string of the molecule is CC(C)(O)C1CCN(c2ccc(Nc3nc(N4CCC(CC#N)CC4)nc(C=N)c3C(N)=O)cc2)CC1. The molecule has 37 heavy (non-hydrogen) atoms. The summed E-state index contributed by atoms with van der Waals surface area (Å²) in [7, 11) is 0. The summed E-state index contributed by atoms with van der Waals surface area (Å²) in [5.41, 5.74) is 7.09. The van der Waals surface area contributed by atoms with E-state index in [1.807, 2.05) is 43.0 Å². The molecule has 5 N–H and O–H groups in total. The molecule has 0 bridgehead atoms. The van der Waals surface area contributed by atoms with Gasteiger partial charge in [0.15, 0.2) is 0 Å². The molecule has 2 fully saturated rings. The van der Waals surface area contributed by atoms with Crippen LogP contribution in [0, 0.1) is 28.6 Å². The number of nitrogens with zero attached hydrogens (tertiary/aromatic N) is 5. The number of carbonyl (C=O) groups excluding carboxylic acids is 1. The largest absolute Gasteiger partial charge is 0.390 e. The number of hydrogen-bond acceptors (Lipinski definition) is 9. The molecule has 4 rings (SSSR count). The zero-order valence-corrected chi connectivity index (χ0v) is 21.6. The lowest BCUT2D eigenvalue weighted by atomic mass is 9.83. The molecule has 2 aromatic rings. The Hall–Kier alpha value is -3.71. The van der Waals surface area contributed by atoms with E-state index >= 15 is 0 Å². The quantitative estimate of drug-likeness (QED) is 0.399. The van der Waals surface area contributed by atoms with E-state index in [1.54, 1.807) is 0 Å². The molecule has 1 aromatic heterocycles. The fourth-order valence-corrected chi connectivity index (χ4v) is 5.25. The van der Waals surface area contributed by atoms with Crippen LogP contribution < -0.4 is 20.9 Å². The van der Waals surface area contributed by atoms with E-state index in [-0.39, 0.29) is 17.1 Å². The van der Waals surface area contributed by atoms with Crippen LogP contribution in [0.15, 0.2) is 24.3 Å². The highest BCUT2D eigenvalue weighted by Gasteiger charge is 2.30. The lowest BCUT2D eigenvalue weighted by Gasteiger charge is -2.38. The molecule has 1 amide bonds. The maximum atomic E-state index is 12.3. The highest BCUT2D eigenvalue weighted by atomic mass is 16.3. The van der Waals surface area contributed by atoms with E-state index in [0.717, 1.165) is 56.4 Å². The second-order valence-electron chi connectivity index (χ2n) is 10.5. The Balaban J connectivity index is 1.52. The first kappa shape index (κ1) is 26.4. The number of hydrogen-bond donors (Lipinski definition) is 4. The van der Waals surface area contributed by atoms with Gasteiger partial charge in [-0.3, -0.25) is 4.79 Å². The average molecular weight is 505 g/mol. The molecule has 196 valence electrons. The minimum Gasteiger partial charge on any atom is -0.390 e. The molecule has 2 aliphatic heterocycles. The number of primary amides is 1. The van der Waals surface area contributed by atoms with E-state index in [0.29, 0.717) is 37.3 Å². The summed E-state index contributed by atoms with van der Waals surface area (Å²) in [6, 6.07) is 10.2. The highest BCUT2D eigenvalue weighted by molar-refractivity contribution is 6.04. The number of anilines is 4. The van der Waals surface area contributed by atoms with E-state index < -0.39 is 11.5 Å². The van der Waals surface area contributed by atoms with Crippen molar-refractivity contribution >= 4 is 35.3 Å². The van der Waals surface area contributed by atoms with E-state index in [1.165, 1.54) is 0 Å². The third kappa shape index (κ3) is 6.17. The predicted octanol–water partition coefficient (Wildman–Crippen LogP) is 3.43. The first-order valence-electron chi connectivity index (χ1n) is 12.9. The van der Waals surface area contributed by atoms with Gasteiger partial charge in [0.1, 0.15) is 17.1 Å². The van der Waals surface area contributed by atoms with Crippen molar-refractivity contribution in [2.45, 2.75) is 51.6 Å². The second kappa shape index (κ2) is 11.1. The van der Waals surface area contributed by atoms with Crippen LogP contribution in [0.2, 0.25) is 0 Å². The van der Waals surface area contributed by atoms with Gasteiger partial charge >= 0.3 is 0 Å². The van der Waals surface area contributed by atoms with E-state index in [4.69, 9.17) is 16.4 Å². The van der Waals surface area contributed by atoms with Crippen LogP contribution in [-0.2, 0) is 0 Å². The number of nitrogens with one attached hydrogen (secondary N) is 2. The van der Waals surface area contributed by atoms with Crippen molar-refractivity contribution in [2.24, 2.45) is 17.6 Å². The van der Waals surface area contributed by atoms with Crippen LogP contribution in [-0.4, -0.2) is 59.0 Å². The van der Waals surface area contributed by atoms with Crippen molar-refractivity contribution in [1.82, 2.24) is 9.97 Å². The molecule has 0 aliphatic carbocycles. The molecule has 0 atom stereocenters. The Labute approximate surface area is 218 Å². The molecule has 0 radical (unpaired) electrons. The molecule has 3 heterocycles. The second-order valence-corrected chi connectivity index (χ2v) is 10.5. The fourth-order valence-electron chi connectivity index (χ4n) is 5.25. The predicted molar refractivity (Wildman–Crippen MR) is 145 cm³/mol. The third-order valence-electron chi connectivity index (χ3n) is 7.57. The number of piperidine rings is 2. The first-order valence-corrected chi connectivity index (χ1v) is 12.9. The zero-order chi connectivity index (χ0) is 26.6. The summed E-state index contributed by atoms with van der Waals surface area (Å²) in [6.07, 6.45) is 5.18. The molecule has 1 aromatic carbocycles. The van der Waals surface area contributed by atoms with Crippen LogP contribution in [0.4, 0.5) is 23.1 Å². The minimum atomic E-state index is -0.702. The van der Waals surface area contributed by atoms with Crippen molar-refractivity contribution in [1.29, 1.82) is 10.7 Å². The smallest absolute Gasteiger partial charge is 0.254 e. The Morgan fingerprint density at radius 3 is 2.32 bits per heavy atom. The molecule has 2 saturated heterocycles. The maximum Gasteiger partial charge on any atom is 0.254 e. The van der Waals surface area contributed by atoms with Crippen LogP contribution in [0.5, 0.6) is 0 Å². The van der Waals surface area contributed by atoms with E-state index in [9.17, 15) is 9.90 Å². The number of nitriles is 1. The lowest BCUT2D eigenvalue weighted by Crippen LogP contribution is -2.41. The number of rotatable bonds is 8. The van der Waals surface area contributed by atoms with Gasteiger partial charge in [0.05, 0.1) is 11.7 Å². The molecule has 10 nitrogen and oxygen atoms in total. The number of aromatic nitrogens is 2. The Bertz CT molecular complexity index is 1150. The molecular formula is C27H36N8O2. The summed E-state index contributed by atoms with van der Waals surface area (Å²) in [4.78, 5) is 25.7.